The average Bonchev–Trinajstić information content (AvgIpc) is 2.59. The smallest absolute Gasteiger partial charge is 0.333 e. The molecule has 76 valence electrons. The van der Waals surface area contributed by atoms with Crippen LogP contribution in [0, 0.1) is 6.92 Å². The molecule has 0 aliphatic heterocycles. The van der Waals surface area contributed by atoms with Crippen LogP contribution in [0.25, 0.3) is 6.08 Å². The van der Waals surface area contributed by atoms with Crippen LogP contribution in [0.4, 0.5) is 0 Å². The Morgan fingerprint density at radius 1 is 1.57 bits per heavy atom. The van der Waals surface area contributed by atoms with Gasteiger partial charge in [-0.25, -0.2) is 4.79 Å². The number of ether oxygens (including phenoxy) is 1. The standard InChI is InChI=1S/C11H14O3/c1-4-9(11(12)13-3)7-10-6-5-8(2)14-10/h5-7H,4H2,1-3H3. The number of furan rings is 1. The van der Waals surface area contributed by atoms with Crippen LogP contribution in [0.15, 0.2) is 22.1 Å². The van der Waals surface area contributed by atoms with E-state index in [9.17, 15) is 4.79 Å². The zero-order chi connectivity index (χ0) is 10.6. The number of carbonyl (C=O) groups excluding carboxylic acids is 1. The largest absolute Gasteiger partial charge is 0.466 e. The van der Waals surface area contributed by atoms with E-state index in [1.165, 1.54) is 7.11 Å². The summed E-state index contributed by atoms with van der Waals surface area (Å²) in [5.74, 6) is 1.21. The molecule has 0 aliphatic rings. The number of aryl methyl sites for hydroxylation is 1. The van der Waals surface area contributed by atoms with E-state index in [2.05, 4.69) is 4.74 Å². The third-order valence-electron chi connectivity index (χ3n) is 1.91. The fourth-order valence-electron chi connectivity index (χ4n) is 1.14. The van der Waals surface area contributed by atoms with E-state index in [-0.39, 0.29) is 5.97 Å². The van der Waals surface area contributed by atoms with Gasteiger partial charge in [0.2, 0.25) is 0 Å². The first-order valence-electron chi connectivity index (χ1n) is 4.52. The molecular weight excluding hydrogens is 180 g/mol. The van der Waals surface area contributed by atoms with E-state index < -0.39 is 0 Å². The van der Waals surface area contributed by atoms with Gasteiger partial charge < -0.3 is 9.15 Å². The average molecular weight is 194 g/mol. The number of rotatable bonds is 3. The molecule has 0 saturated heterocycles. The molecule has 14 heavy (non-hydrogen) atoms. The second-order valence-corrected chi connectivity index (χ2v) is 2.96. The highest BCUT2D eigenvalue weighted by Crippen LogP contribution is 2.13. The van der Waals surface area contributed by atoms with Crippen molar-refractivity contribution < 1.29 is 13.9 Å². The fourth-order valence-corrected chi connectivity index (χ4v) is 1.14. The molecule has 0 unspecified atom stereocenters. The first-order valence-corrected chi connectivity index (χ1v) is 4.52. The van der Waals surface area contributed by atoms with Crippen LogP contribution < -0.4 is 0 Å². The lowest BCUT2D eigenvalue weighted by molar-refractivity contribution is -0.136. The molecule has 1 aromatic rings. The highest BCUT2D eigenvalue weighted by Gasteiger charge is 2.07. The van der Waals surface area contributed by atoms with Crippen LogP contribution >= 0.6 is 0 Å². The number of hydrogen-bond acceptors (Lipinski definition) is 3. The Hall–Kier alpha value is -1.51. The third-order valence-corrected chi connectivity index (χ3v) is 1.91. The van der Waals surface area contributed by atoms with Gasteiger partial charge in [0.15, 0.2) is 0 Å². The van der Waals surface area contributed by atoms with Crippen molar-refractivity contribution in [2.24, 2.45) is 0 Å². The molecule has 1 rings (SSSR count). The van der Waals surface area contributed by atoms with Gasteiger partial charge in [-0.05, 0) is 31.6 Å². The van der Waals surface area contributed by atoms with E-state index in [0.29, 0.717) is 17.8 Å². The summed E-state index contributed by atoms with van der Waals surface area (Å²) < 4.78 is 9.96. The minimum Gasteiger partial charge on any atom is -0.466 e. The van der Waals surface area contributed by atoms with Crippen molar-refractivity contribution in [2.75, 3.05) is 7.11 Å². The van der Waals surface area contributed by atoms with Crippen LogP contribution in [-0.4, -0.2) is 13.1 Å². The predicted octanol–water partition coefficient (Wildman–Crippen LogP) is 2.55. The Morgan fingerprint density at radius 3 is 2.71 bits per heavy atom. The third kappa shape index (κ3) is 2.49. The van der Waals surface area contributed by atoms with Gasteiger partial charge in [0.05, 0.1) is 7.11 Å². The van der Waals surface area contributed by atoms with E-state index in [1.54, 1.807) is 6.08 Å². The van der Waals surface area contributed by atoms with Gasteiger partial charge in [-0.15, -0.1) is 0 Å². The topological polar surface area (TPSA) is 39.4 Å². The summed E-state index contributed by atoms with van der Waals surface area (Å²) in [6, 6.07) is 3.68. The predicted molar refractivity (Wildman–Crippen MR) is 53.7 cm³/mol. The first-order chi connectivity index (χ1) is 6.67. The van der Waals surface area contributed by atoms with Gasteiger partial charge in [-0.2, -0.15) is 0 Å². The van der Waals surface area contributed by atoms with Crippen molar-refractivity contribution in [3.8, 4) is 0 Å². The van der Waals surface area contributed by atoms with Crippen LogP contribution in [0.1, 0.15) is 24.9 Å². The lowest BCUT2D eigenvalue weighted by Gasteiger charge is -2.00. The van der Waals surface area contributed by atoms with Gasteiger partial charge >= 0.3 is 5.97 Å². The molecular formula is C11H14O3. The molecule has 1 heterocycles. The van der Waals surface area contributed by atoms with Crippen molar-refractivity contribution in [1.82, 2.24) is 0 Å². The molecule has 3 heteroatoms. The van der Waals surface area contributed by atoms with Crippen molar-refractivity contribution in [3.05, 3.63) is 29.2 Å². The molecule has 0 amide bonds. The summed E-state index contributed by atoms with van der Waals surface area (Å²) in [7, 11) is 1.37. The van der Waals surface area contributed by atoms with E-state index >= 15 is 0 Å². The Labute approximate surface area is 83.4 Å². The molecule has 0 saturated carbocycles. The van der Waals surface area contributed by atoms with Crippen molar-refractivity contribution in [3.63, 3.8) is 0 Å². The Kier molecular flexibility index (Phi) is 3.51. The normalized spacial score (nSPS) is 11.5. The first kappa shape index (κ1) is 10.6. The van der Waals surface area contributed by atoms with Crippen LogP contribution in [0.2, 0.25) is 0 Å². The number of carbonyl (C=O) groups is 1. The maximum atomic E-state index is 11.2. The number of hydrogen-bond donors (Lipinski definition) is 0. The molecule has 0 fully saturated rings. The van der Waals surface area contributed by atoms with E-state index in [1.807, 2.05) is 26.0 Å². The Morgan fingerprint density at radius 2 is 2.29 bits per heavy atom. The minimum atomic E-state index is -0.304. The van der Waals surface area contributed by atoms with Gasteiger partial charge in [0.25, 0.3) is 0 Å². The van der Waals surface area contributed by atoms with Crippen molar-refractivity contribution >= 4 is 12.0 Å². The molecule has 0 spiro atoms. The van der Waals surface area contributed by atoms with Crippen molar-refractivity contribution in [2.45, 2.75) is 20.3 Å². The van der Waals surface area contributed by atoms with Crippen molar-refractivity contribution in [1.29, 1.82) is 0 Å². The van der Waals surface area contributed by atoms with Gasteiger partial charge in [-0.3, -0.25) is 0 Å². The minimum absolute atomic E-state index is 0.304. The second-order valence-electron chi connectivity index (χ2n) is 2.96. The Balaban J connectivity index is 2.88. The SMILES string of the molecule is CCC(=Cc1ccc(C)o1)C(=O)OC. The quantitative estimate of drug-likeness (QED) is 0.548. The molecule has 3 nitrogen and oxygen atoms in total. The monoisotopic (exact) mass is 194 g/mol. The second kappa shape index (κ2) is 4.65. The lowest BCUT2D eigenvalue weighted by atomic mass is 10.2. The molecule has 0 bridgehead atoms. The van der Waals surface area contributed by atoms with Crippen LogP contribution in [0.5, 0.6) is 0 Å². The highest BCUT2D eigenvalue weighted by molar-refractivity contribution is 5.93. The maximum Gasteiger partial charge on any atom is 0.333 e. The summed E-state index contributed by atoms with van der Waals surface area (Å²) in [4.78, 5) is 11.2. The number of methoxy groups -OCH3 is 1. The van der Waals surface area contributed by atoms with Crippen LogP contribution in [0.3, 0.4) is 0 Å². The molecule has 0 radical (unpaired) electrons. The van der Waals surface area contributed by atoms with Gasteiger partial charge in [-0.1, -0.05) is 6.92 Å². The van der Waals surface area contributed by atoms with E-state index in [4.69, 9.17) is 4.42 Å². The zero-order valence-corrected chi connectivity index (χ0v) is 8.66. The Bertz CT molecular complexity index is 347. The molecule has 0 aromatic carbocycles. The summed E-state index contributed by atoms with van der Waals surface area (Å²) in [5.41, 5.74) is 0.613. The fraction of sp³-hybridized carbons (Fsp3) is 0.364. The molecule has 0 N–H and O–H groups in total. The molecule has 0 atom stereocenters. The summed E-state index contributed by atoms with van der Waals surface area (Å²) in [6.07, 6.45) is 2.34. The van der Waals surface area contributed by atoms with Gasteiger partial charge in [0, 0.05) is 5.57 Å². The summed E-state index contributed by atoms with van der Waals surface area (Å²) in [6.45, 7) is 3.76. The zero-order valence-electron chi connectivity index (χ0n) is 8.66. The van der Waals surface area contributed by atoms with Gasteiger partial charge in [0.1, 0.15) is 11.5 Å². The number of esters is 1. The van der Waals surface area contributed by atoms with E-state index in [0.717, 1.165) is 5.76 Å². The lowest BCUT2D eigenvalue weighted by Crippen LogP contribution is -2.03. The van der Waals surface area contributed by atoms with Crippen LogP contribution in [-0.2, 0) is 9.53 Å². The molecule has 0 aliphatic carbocycles. The maximum absolute atomic E-state index is 11.2. The molecule has 1 aromatic heterocycles. The summed E-state index contributed by atoms with van der Waals surface area (Å²) >= 11 is 0. The highest BCUT2D eigenvalue weighted by atomic mass is 16.5. The summed E-state index contributed by atoms with van der Waals surface area (Å²) in [5, 5.41) is 0.